The third kappa shape index (κ3) is 2.30. The van der Waals surface area contributed by atoms with Crippen LogP contribution in [-0.4, -0.2) is 29.9 Å². The minimum absolute atomic E-state index is 0.0687. The molecule has 2 aromatic rings. The van der Waals surface area contributed by atoms with Crippen molar-refractivity contribution >= 4 is 28.5 Å². The Labute approximate surface area is 122 Å². The summed E-state index contributed by atoms with van der Waals surface area (Å²) in [4.78, 5) is 14.4. The number of benzene rings is 1. The van der Waals surface area contributed by atoms with Crippen LogP contribution in [0.2, 0.25) is 5.02 Å². The van der Waals surface area contributed by atoms with Gasteiger partial charge in [-0.3, -0.25) is 4.79 Å². The van der Waals surface area contributed by atoms with Gasteiger partial charge in [0.15, 0.2) is 5.76 Å². The SMILES string of the molecule is CC1CC(CN)CN1C(=O)c1cc2cc(Cl)ccc2o1. The van der Waals surface area contributed by atoms with Gasteiger partial charge in [-0.1, -0.05) is 11.6 Å². The molecule has 2 atom stereocenters. The van der Waals surface area contributed by atoms with E-state index in [0.29, 0.717) is 35.4 Å². The van der Waals surface area contributed by atoms with Gasteiger partial charge in [0.05, 0.1) is 0 Å². The fourth-order valence-electron chi connectivity index (χ4n) is 2.86. The highest BCUT2D eigenvalue weighted by atomic mass is 35.5. The van der Waals surface area contributed by atoms with E-state index in [0.717, 1.165) is 11.8 Å². The molecule has 5 heteroatoms. The predicted octanol–water partition coefficient (Wildman–Crippen LogP) is 2.90. The zero-order chi connectivity index (χ0) is 14.3. The number of carbonyl (C=O) groups is 1. The van der Waals surface area contributed by atoms with E-state index in [4.69, 9.17) is 21.8 Å². The average Bonchev–Trinajstić information content (AvgIpc) is 3.00. The van der Waals surface area contributed by atoms with Crippen LogP contribution in [0.4, 0.5) is 0 Å². The van der Waals surface area contributed by atoms with Crippen LogP contribution in [0.15, 0.2) is 28.7 Å². The molecule has 1 aromatic heterocycles. The molecule has 0 radical (unpaired) electrons. The molecule has 2 unspecified atom stereocenters. The summed E-state index contributed by atoms with van der Waals surface area (Å²) >= 11 is 5.94. The number of hydrogen-bond acceptors (Lipinski definition) is 3. The Morgan fingerprint density at radius 3 is 3.00 bits per heavy atom. The van der Waals surface area contributed by atoms with E-state index in [-0.39, 0.29) is 11.9 Å². The van der Waals surface area contributed by atoms with Crippen molar-refractivity contribution in [3.8, 4) is 0 Å². The van der Waals surface area contributed by atoms with E-state index in [1.807, 2.05) is 11.8 Å². The Morgan fingerprint density at radius 1 is 1.50 bits per heavy atom. The molecule has 0 spiro atoms. The summed E-state index contributed by atoms with van der Waals surface area (Å²) in [6, 6.07) is 7.29. The summed E-state index contributed by atoms with van der Waals surface area (Å²) in [5.41, 5.74) is 6.38. The van der Waals surface area contributed by atoms with E-state index in [2.05, 4.69) is 0 Å². The molecule has 2 N–H and O–H groups in total. The molecule has 20 heavy (non-hydrogen) atoms. The van der Waals surface area contributed by atoms with Crippen LogP contribution in [0.25, 0.3) is 11.0 Å². The number of hydrogen-bond donors (Lipinski definition) is 1. The fraction of sp³-hybridized carbons (Fsp3) is 0.400. The number of amides is 1. The van der Waals surface area contributed by atoms with Crippen molar-refractivity contribution in [1.82, 2.24) is 4.90 Å². The number of rotatable bonds is 2. The minimum atomic E-state index is -0.0687. The molecule has 0 saturated carbocycles. The zero-order valence-corrected chi connectivity index (χ0v) is 12.1. The zero-order valence-electron chi connectivity index (χ0n) is 11.3. The third-order valence-electron chi connectivity index (χ3n) is 3.94. The summed E-state index contributed by atoms with van der Waals surface area (Å²) in [5, 5.41) is 1.48. The maximum absolute atomic E-state index is 12.5. The van der Waals surface area contributed by atoms with Gasteiger partial charge in [0.25, 0.3) is 5.91 Å². The van der Waals surface area contributed by atoms with Crippen LogP contribution in [0.3, 0.4) is 0 Å². The van der Waals surface area contributed by atoms with Crippen molar-refractivity contribution in [3.05, 3.63) is 35.0 Å². The number of halogens is 1. The first-order chi connectivity index (χ1) is 9.58. The van der Waals surface area contributed by atoms with Crippen molar-refractivity contribution in [2.45, 2.75) is 19.4 Å². The Kier molecular flexibility index (Phi) is 3.44. The first-order valence-electron chi connectivity index (χ1n) is 6.78. The molecule has 0 bridgehead atoms. The van der Waals surface area contributed by atoms with Gasteiger partial charge in [0, 0.05) is 23.0 Å². The smallest absolute Gasteiger partial charge is 0.289 e. The molecule has 3 rings (SSSR count). The molecule has 1 aliphatic heterocycles. The van der Waals surface area contributed by atoms with E-state index >= 15 is 0 Å². The van der Waals surface area contributed by atoms with Gasteiger partial charge in [-0.15, -0.1) is 0 Å². The first-order valence-corrected chi connectivity index (χ1v) is 7.16. The summed E-state index contributed by atoms with van der Waals surface area (Å²) < 4.78 is 5.63. The summed E-state index contributed by atoms with van der Waals surface area (Å²) in [5.74, 6) is 0.681. The van der Waals surface area contributed by atoms with Crippen LogP contribution >= 0.6 is 11.6 Å². The standard InChI is InChI=1S/C15H17ClN2O2/c1-9-4-10(7-17)8-18(9)15(19)14-6-11-5-12(16)2-3-13(11)20-14/h2-3,5-6,9-10H,4,7-8,17H2,1H3. The number of furan rings is 1. The van der Waals surface area contributed by atoms with E-state index in [9.17, 15) is 4.79 Å². The van der Waals surface area contributed by atoms with Gasteiger partial charge in [0.1, 0.15) is 5.58 Å². The van der Waals surface area contributed by atoms with Crippen LogP contribution in [0.5, 0.6) is 0 Å². The van der Waals surface area contributed by atoms with Gasteiger partial charge >= 0.3 is 0 Å². The van der Waals surface area contributed by atoms with Crippen LogP contribution in [-0.2, 0) is 0 Å². The van der Waals surface area contributed by atoms with Crippen LogP contribution in [0, 0.1) is 5.92 Å². The van der Waals surface area contributed by atoms with E-state index in [1.54, 1.807) is 24.3 Å². The summed E-state index contributed by atoms with van der Waals surface area (Å²) in [6.45, 7) is 3.37. The molecule has 4 nitrogen and oxygen atoms in total. The lowest BCUT2D eigenvalue weighted by atomic mass is 10.1. The normalized spacial score (nSPS) is 22.6. The monoisotopic (exact) mass is 292 g/mol. The second kappa shape index (κ2) is 5.11. The highest BCUT2D eigenvalue weighted by Gasteiger charge is 2.33. The van der Waals surface area contributed by atoms with Crippen molar-refractivity contribution in [3.63, 3.8) is 0 Å². The molecule has 0 aliphatic carbocycles. The van der Waals surface area contributed by atoms with Crippen LogP contribution in [0.1, 0.15) is 23.9 Å². The second-order valence-electron chi connectivity index (χ2n) is 5.44. The molecular formula is C15H17ClN2O2. The minimum Gasteiger partial charge on any atom is -0.451 e. The van der Waals surface area contributed by atoms with Gasteiger partial charge in [-0.25, -0.2) is 0 Å². The summed E-state index contributed by atoms with van der Waals surface area (Å²) in [7, 11) is 0. The lowest BCUT2D eigenvalue weighted by Gasteiger charge is -2.19. The Hall–Kier alpha value is -1.52. The molecule has 1 aromatic carbocycles. The Morgan fingerprint density at radius 2 is 2.30 bits per heavy atom. The van der Waals surface area contributed by atoms with E-state index < -0.39 is 0 Å². The van der Waals surface area contributed by atoms with Gasteiger partial charge in [0.2, 0.25) is 0 Å². The van der Waals surface area contributed by atoms with E-state index in [1.165, 1.54) is 0 Å². The molecule has 2 heterocycles. The summed E-state index contributed by atoms with van der Waals surface area (Å²) in [6.07, 6.45) is 0.953. The number of nitrogens with two attached hydrogens (primary N) is 1. The number of likely N-dealkylation sites (tertiary alicyclic amines) is 1. The lowest BCUT2D eigenvalue weighted by Crippen LogP contribution is -2.34. The second-order valence-corrected chi connectivity index (χ2v) is 5.87. The molecule has 1 aliphatic rings. The third-order valence-corrected chi connectivity index (χ3v) is 4.18. The van der Waals surface area contributed by atoms with Crippen molar-refractivity contribution in [2.24, 2.45) is 11.7 Å². The maximum atomic E-state index is 12.5. The van der Waals surface area contributed by atoms with Crippen molar-refractivity contribution in [1.29, 1.82) is 0 Å². The largest absolute Gasteiger partial charge is 0.451 e. The van der Waals surface area contributed by atoms with Crippen molar-refractivity contribution in [2.75, 3.05) is 13.1 Å². The molecular weight excluding hydrogens is 276 g/mol. The van der Waals surface area contributed by atoms with Gasteiger partial charge in [-0.2, -0.15) is 0 Å². The first kappa shape index (κ1) is 13.5. The highest BCUT2D eigenvalue weighted by molar-refractivity contribution is 6.31. The average molecular weight is 293 g/mol. The number of fused-ring (bicyclic) bond motifs is 1. The predicted molar refractivity (Wildman–Crippen MR) is 78.9 cm³/mol. The quantitative estimate of drug-likeness (QED) is 0.926. The molecule has 1 fully saturated rings. The maximum Gasteiger partial charge on any atom is 0.289 e. The van der Waals surface area contributed by atoms with Crippen molar-refractivity contribution < 1.29 is 9.21 Å². The Balaban J connectivity index is 1.89. The number of nitrogens with zero attached hydrogens (tertiary/aromatic N) is 1. The highest BCUT2D eigenvalue weighted by Crippen LogP contribution is 2.27. The van der Waals surface area contributed by atoms with Crippen LogP contribution < -0.4 is 5.73 Å². The fourth-order valence-corrected chi connectivity index (χ4v) is 3.04. The molecule has 1 amide bonds. The molecule has 1 saturated heterocycles. The van der Waals surface area contributed by atoms with Gasteiger partial charge < -0.3 is 15.1 Å². The molecule has 106 valence electrons. The lowest BCUT2D eigenvalue weighted by molar-refractivity contribution is 0.0713. The topological polar surface area (TPSA) is 59.5 Å². The Bertz CT molecular complexity index is 652. The van der Waals surface area contributed by atoms with Gasteiger partial charge in [-0.05, 0) is 50.1 Å². The number of carbonyl (C=O) groups excluding carboxylic acids is 1.